The lowest BCUT2D eigenvalue weighted by atomic mass is 10.0. The van der Waals surface area contributed by atoms with Crippen molar-refractivity contribution in [1.29, 1.82) is 0 Å². The first-order valence-corrected chi connectivity index (χ1v) is 6.14. The molecule has 2 amide bonds. The van der Waals surface area contributed by atoms with Crippen LogP contribution in [0.2, 0.25) is 0 Å². The van der Waals surface area contributed by atoms with Crippen LogP contribution in [0.25, 0.3) is 0 Å². The summed E-state index contributed by atoms with van der Waals surface area (Å²) in [6, 6.07) is 0. The van der Waals surface area contributed by atoms with Crippen molar-refractivity contribution >= 4 is 11.8 Å². The average Bonchev–Trinajstić information content (AvgIpc) is 2.30. The predicted octanol–water partition coefficient (Wildman–Crippen LogP) is 1.11. The van der Waals surface area contributed by atoms with Gasteiger partial charge in [-0.1, -0.05) is 13.8 Å². The molecule has 1 heterocycles. The Balaban J connectivity index is 2.47. The molecule has 0 N–H and O–H groups in total. The van der Waals surface area contributed by atoms with Gasteiger partial charge in [0, 0.05) is 39.0 Å². The fourth-order valence-electron chi connectivity index (χ4n) is 2.14. The number of carbonyl (C=O) groups is 2. The van der Waals surface area contributed by atoms with Crippen LogP contribution in [-0.2, 0) is 9.59 Å². The number of hydrogen-bond acceptors (Lipinski definition) is 2. The van der Waals surface area contributed by atoms with Gasteiger partial charge in [0.05, 0.1) is 0 Å². The maximum Gasteiger partial charge on any atom is 0.225 e. The molecule has 4 nitrogen and oxygen atoms in total. The highest BCUT2D eigenvalue weighted by Gasteiger charge is 2.25. The highest BCUT2D eigenvalue weighted by atomic mass is 16.2. The van der Waals surface area contributed by atoms with Crippen molar-refractivity contribution in [3.63, 3.8) is 0 Å². The molecule has 0 saturated carbocycles. The quantitative estimate of drug-likeness (QED) is 0.723. The summed E-state index contributed by atoms with van der Waals surface area (Å²) in [5.41, 5.74) is 0. The fraction of sp³-hybridized carbons (Fsp3) is 0.833. The highest BCUT2D eigenvalue weighted by Crippen LogP contribution is 2.13. The molecule has 92 valence electrons. The third-order valence-electron chi connectivity index (χ3n) is 3.37. The molecule has 0 radical (unpaired) electrons. The van der Waals surface area contributed by atoms with Crippen LogP contribution in [-0.4, -0.2) is 47.8 Å². The zero-order chi connectivity index (χ0) is 12.1. The van der Waals surface area contributed by atoms with Crippen LogP contribution in [0.15, 0.2) is 0 Å². The van der Waals surface area contributed by atoms with Crippen LogP contribution < -0.4 is 0 Å². The van der Waals surface area contributed by atoms with E-state index in [0.29, 0.717) is 26.2 Å². The first kappa shape index (κ1) is 13.0. The Morgan fingerprint density at radius 1 is 1.00 bits per heavy atom. The maximum atomic E-state index is 12.1. The summed E-state index contributed by atoms with van der Waals surface area (Å²) in [4.78, 5) is 26.9. The van der Waals surface area contributed by atoms with E-state index in [1.54, 1.807) is 11.8 Å². The smallest absolute Gasteiger partial charge is 0.225 e. The van der Waals surface area contributed by atoms with Crippen molar-refractivity contribution in [3.05, 3.63) is 0 Å². The Hall–Kier alpha value is -1.06. The van der Waals surface area contributed by atoms with Gasteiger partial charge < -0.3 is 9.80 Å². The molecule has 0 aromatic heterocycles. The van der Waals surface area contributed by atoms with Gasteiger partial charge >= 0.3 is 0 Å². The second-order valence-corrected chi connectivity index (χ2v) is 4.34. The van der Waals surface area contributed by atoms with Crippen LogP contribution in [0.3, 0.4) is 0 Å². The molecule has 1 fully saturated rings. The van der Waals surface area contributed by atoms with E-state index in [0.717, 1.165) is 12.8 Å². The second kappa shape index (κ2) is 5.87. The maximum absolute atomic E-state index is 12.1. The SMILES string of the molecule is CCC(CC)C(=O)N1CCN(C(C)=O)CC1. The lowest BCUT2D eigenvalue weighted by molar-refractivity contribution is -0.141. The zero-order valence-corrected chi connectivity index (χ0v) is 10.5. The Kier molecular flexibility index (Phi) is 4.77. The summed E-state index contributed by atoms with van der Waals surface area (Å²) in [5.74, 6) is 0.520. The van der Waals surface area contributed by atoms with Crippen molar-refractivity contribution in [2.24, 2.45) is 5.92 Å². The minimum absolute atomic E-state index is 0.106. The van der Waals surface area contributed by atoms with E-state index in [1.807, 2.05) is 4.90 Å². The molecule has 1 aliphatic heterocycles. The van der Waals surface area contributed by atoms with Gasteiger partial charge in [0.2, 0.25) is 11.8 Å². The van der Waals surface area contributed by atoms with E-state index in [2.05, 4.69) is 13.8 Å². The Morgan fingerprint density at radius 2 is 1.44 bits per heavy atom. The first-order valence-electron chi connectivity index (χ1n) is 6.14. The summed E-state index contributed by atoms with van der Waals surface area (Å²) in [6.07, 6.45) is 1.81. The Morgan fingerprint density at radius 3 is 1.81 bits per heavy atom. The monoisotopic (exact) mass is 226 g/mol. The molecular weight excluding hydrogens is 204 g/mol. The van der Waals surface area contributed by atoms with Crippen molar-refractivity contribution in [2.45, 2.75) is 33.6 Å². The molecule has 0 atom stereocenters. The molecule has 0 unspecified atom stereocenters. The minimum Gasteiger partial charge on any atom is -0.339 e. The molecule has 4 heteroatoms. The van der Waals surface area contributed by atoms with Gasteiger partial charge in [-0.2, -0.15) is 0 Å². The van der Waals surface area contributed by atoms with E-state index >= 15 is 0 Å². The van der Waals surface area contributed by atoms with Crippen molar-refractivity contribution in [3.8, 4) is 0 Å². The number of carbonyl (C=O) groups excluding carboxylic acids is 2. The summed E-state index contributed by atoms with van der Waals surface area (Å²) in [6.45, 7) is 8.43. The summed E-state index contributed by atoms with van der Waals surface area (Å²) in [5, 5.41) is 0. The van der Waals surface area contributed by atoms with Crippen molar-refractivity contribution < 1.29 is 9.59 Å². The fourth-order valence-corrected chi connectivity index (χ4v) is 2.14. The normalized spacial score (nSPS) is 16.8. The number of nitrogens with zero attached hydrogens (tertiary/aromatic N) is 2. The van der Waals surface area contributed by atoms with E-state index in [-0.39, 0.29) is 17.7 Å². The topological polar surface area (TPSA) is 40.6 Å². The van der Waals surface area contributed by atoms with Gasteiger partial charge in [-0.3, -0.25) is 9.59 Å². The van der Waals surface area contributed by atoms with Gasteiger partial charge in [-0.15, -0.1) is 0 Å². The number of rotatable bonds is 3. The molecule has 1 saturated heterocycles. The number of amides is 2. The predicted molar refractivity (Wildman–Crippen MR) is 62.9 cm³/mol. The van der Waals surface area contributed by atoms with Crippen LogP contribution in [0.1, 0.15) is 33.6 Å². The molecule has 0 aliphatic carbocycles. The summed E-state index contributed by atoms with van der Waals surface area (Å²) >= 11 is 0. The van der Waals surface area contributed by atoms with Gasteiger partial charge in [0.1, 0.15) is 0 Å². The summed E-state index contributed by atoms with van der Waals surface area (Å²) < 4.78 is 0. The van der Waals surface area contributed by atoms with Gasteiger partial charge in [0.25, 0.3) is 0 Å². The third-order valence-corrected chi connectivity index (χ3v) is 3.37. The number of hydrogen-bond donors (Lipinski definition) is 0. The zero-order valence-electron chi connectivity index (χ0n) is 10.5. The van der Waals surface area contributed by atoms with Gasteiger partial charge in [0.15, 0.2) is 0 Å². The van der Waals surface area contributed by atoms with Crippen LogP contribution in [0.5, 0.6) is 0 Å². The Bertz CT molecular complexity index is 254. The largest absolute Gasteiger partial charge is 0.339 e. The van der Waals surface area contributed by atoms with E-state index in [9.17, 15) is 9.59 Å². The standard InChI is InChI=1S/C12H22N2O2/c1-4-11(5-2)12(16)14-8-6-13(7-9-14)10(3)15/h11H,4-9H2,1-3H3. The molecule has 0 aromatic rings. The Labute approximate surface area is 97.6 Å². The molecule has 1 aliphatic rings. The van der Waals surface area contributed by atoms with Crippen molar-refractivity contribution in [2.75, 3.05) is 26.2 Å². The van der Waals surface area contributed by atoms with Gasteiger partial charge in [-0.25, -0.2) is 0 Å². The van der Waals surface area contributed by atoms with E-state index in [1.165, 1.54) is 0 Å². The van der Waals surface area contributed by atoms with E-state index in [4.69, 9.17) is 0 Å². The van der Waals surface area contributed by atoms with Crippen LogP contribution >= 0.6 is 0 Å². The number of piperazine rings is 1. The van der Waals surface area contributed by atoms with Crippen LogP contribution in [0.4, 0.5) is 0 Å². The molecular formula is C12H22N2O2. The minimum atomic E-state index is 0.106. The van der Waals surface area contributed by atoms with E-state index < -0.39 is 0 Å². The molecule has 1 rings (SSSR count). The first-order chi connectivity index (χ1) is 7.60. The lowest BCUT2D eigenvalue weighted by Gasteiger charge is -2.35. The second-order valence-electron chi connectivity index (χ2n) is 4.34. The summed E-state index contributed by atoms with van der Waals surface area (Å²) in [7, 11) is 0. The van der Waals surface area contributed by atoms with Crippen LogP contribution in [0, 0.1) is 5.92 Å². The van der Waals surface area contributed by atoms with Crippen molar-refractivity contribution in [1.82, 2.24) is 9.80 Å². The molecule has 0 bridgehead atoms. The molecule has 16 heavy (non-hydrogen) atoms. The average molecular weight is 226 g/mol. The van der Waals surface area contributed by atoms with Gasteiger partial charge in [-0.05, 0) is 12.8 Å². The highest BCUT2D eigenvalue weighted by molar-refractivity contribution is 5.79. The molecule has 0 spiro atoms. The molecule has 0 aromatic carbocycles. The lowest BCUT2D eigenvalue weighted by Crippen LogP contribution is -2.51. The third kappa shape index (κ3) is 2.97.